The van der Waals surface area contributed by atoms with Crippen LogP contribution < -0.4 is 0 Å². The van der Waals surface area contributed by atoms with Gasteiger partial charge in [0.05, 0.1) is 10.5 Å². The smallest absolute Gasteiger partial charge is 0.326 e. The van der Waals surface area contributed by atoms with E-state index >= 15 is 0 Å². The third-order valence-corrected chi connectivity index (χ3v) is 2.72. The number of rotatable bonds is 4. The molecule has 0 spiro atoms. The van der Waals surface area contributed by atoms with Crippen LogP contribution in [0.2, 0.25) is 0 Å². The molecule has 0 saturated carbocycles. The maximum absolute atomic E-state index is 13.5. The molecule has 0 aromatic heterocycles. The highest BCUT2D eigenvalue weighted by Gasteiger charge is 2.28. The summed E-state index contributed by atoms with van der Waals surface area (Å²) in [6, 6.07) is -0.617. The Morgan fingerprint density at radius 1 is 1.35 bits per heavy atom. The van der Waals surface area contributed by atoms with Crippen molar-refractivity contribution in [3.05, 3.63) is 39.4 Å². The van der Waals surface area contributed by atoms with Crippen LogP contribution in [-0.4, -0.2) is 39.9 Å². The molecule has 1 aromatic carbocycles. The van der Waals surface area contributed by atoms with E-state index in [0.717, 1.165) is 7.05 Å². The van der Waals surface area contributed by atoms with Crippen LogP contribution in [0, 0.1) is 21.7 Å². The molecule has 0 heterocycles. The number of carboxylic acid groups (broad SMARTS) is 1. The van der Waals surface area contributed by atoms with Crippen LogP contribution in [0.3, 0.4) is 0 Å². The highest BCUT2D eigenvalue weighted by molar-refractivity contribution is 5.97. The number of hydrogen-bond donors (Lipinski definition) is 1. The van der Waals surface area contributed by atoms with Gasteiger partial charge in [0.15, 0.2) is 0 Å². The van der Waals surface area contributed by atoms with Crippen LogP contribution in [0.25, 0.3) is 0 Å². The van der Waals surface area contributed by atoms with Gasteiger partial charge in [-0.2, -0.15) is 4.39 Å². The maximum atomic E-state index is 13.5. The molecule has 1 unspecified atom stereocenters. The van der Waals surface area contributed by atoms with Crippen molar-refractivity contribution in [3.63, 3.8) is 0 Å². The molecule has 0 bridgehead atoms. The lowest BCUT2D eigenvalue weighted by molar-refractivity contribution is -0.387. The summed E-state index contributed by atoms with van der Waals surface area (Å²) in [5.41, 5.74) is -1.83. The zero-order chi connectivity index (χ0) is 15.6. The van der Waals surface area contributed by atoms with E-state index < -0.39 is 45.7 Å². The molecule has 1 amide bonds. The number of carboxylic acids is 1. The Labute approximate surface area is 111 Å². The number of nitro groups is 1. The summed E-state index contributed by atoms with van der Waals surface area (Å²) in [4.78, 5) is 32.7. The molecule has 1 N–H and O–H groups in total. The van der Waals surface area contributed by atoms with Crippen molar-refractivity contribution in [1.29, 1.82) is 0 Å². The fourth-order valence-corrected chi connectivity index (χ4v) is 1.37. The third-order valence-electron chi connectivity index (χ3n) is 2.72. The van der Waals surface area contributed by atoms with Crippen molar-refractivity contribution >= 4 is 17.6 Å². The van der Waals surface area contributed by atoms with Gasteiger partial charge in [-0.3, -0.25) is 14.9 Å². The van der Waals surface area contributed by atoms with Crippen LogP contribution in [0.4, 0.5) is 14.5 Å². The van der Waals surface area contributed by atoms with Crippen molar-refractivity contribution < 1.29 is 28.4 Å². The summed E-state index contributed by atoms with van der Waals surface area (Å²) in [6.07, 6.45) is 0. The molecule has 7 nitrogen and oxygen atoms in total. The Morgan fingerprint density at radius 2 is 1.90 bits per heavy atom. The van der Waals surface area contributed by atoms with E-state index in [2.05, 4.69) is 0 Å². The summed E-state index contributed by atoms with van der Waals surface area (Å²) in [6.45, 7) is 1.18. The Hall–Kier alpha value is -2.58. The lowest BCUT2D eigenvalue weighted by Gasteiger charge is -2.21. The molecule has 0 aliphatic rings. The largest absolute Gasteiger partial charge is 0.480 e. The van der Waals surface area contributed by atoms with Crippen molar-refractivity contribution in [2.24, 2.45) is 0 Å². The molecule has 108 valence electrons. The molecule has 1 aromatic rings. The monoisotopic (exact) mass is 288 g/mol. The van der Waals surface area contributed by atoms with Crippen molar-refractivity contribution in [2.75, 3.05) is 7.05 Å². The van der Waals surface area contributed by atoms with Gasteiger partial charge < -0.3 is 10.0 Å². The number of nitro benzene ring substituents is 1. The number of benzene rings is 1. The quantitative estimate of drug-likeness (QED) is 0.667. The van der Waals surface area contributed by atoms with E-state index in [0.29, 0.717) is 11.0 Å². The molecular weight excluding hydrogens is 278 g/mol. The Morgan fingerprint density at radius 3 is 2.35 bits per heavy atom. The van der Waals surface area contributed by atoms with Gasteiger partial charge in [0, 0.05) is 19.2 Å². The number of likely N-dealkylation sites (N-methyl/N-ethyl adjacent to an activating group) is 1. The molecule has 0 saturated heterocycles. The first kappa shape index (κ1) is 15.5. The Bertz CT molecular complexity index is 590. The molecule has 0 radical (unpaired) electrons. The average molecular weight is 288 g/mol. The topological polar surface area (TPSA) is 101 Å². The third kappa shape index (κ3) is 2.87. The van der Waals surface area contributed by atoms with Gasteiger partial charge in [-0.05, 0) is 6.92 Å². The molecule has 0 aliphatic carbocycles. The van der Waals surface area contributed by atoms with E-state index in [1.54, 1.807) is 0 Å². The van der Waals surface area contributed by atoms with Crippen LogP contribution in [-0.2, 0) is 4.79 Å². The number of halogens is 2. The Kier molecular flexibility index (Phi) is 4.33. The molecule has 0 fully saturated rings. The standard InChI is InChI=1S/C11H10F2N2O5/c1-5(11(17)18)14(2)10(16)6-3-9(15(19)20)8(13)4-7(6)12/h3-5H,1-2H3,(H,17,18). The van der Waals surface area contributed by atoms with E-state index in [9.17, 15) is 28.5 Å². The zero-order valence-corrected chi connectivity index (χ0v) is 10.5. The molecular formula is C11H10F2N2O5. The summed E-state index contributed by atoms with van der Waals surface area (Å²) < 4.78 is 26.6. The second-order valence-electron chi connectivity index (χ2n) is 3.97. The van der Waals surface area contributed by atoms with Gasteiger partial charge in [-0.1, -0.05) is 0 Å². The van der Waals surface area contributed by atoms with E-state index in [-0.39, 0.29) is 6.07 Å². The van der Waals surface area contributed by atoms with Crippen LogP contribution in [0.5, 0.6) is 0 Å². The highest BCUT2D eigenvalue weighted by Crippen LogP contribution is 2.22. The predicted molar refractivity (Wildman–Crippen MR) is 62.2 cm³/mol. The van der Waals surface area contributed by atoms with Crippen molar-refractivity contribution in [2.45, 2.75) is 13.0 Å². The van der Waals surface area contributed by atoms with Crippen LogP contribution in [0.1, 0.15) is 17.3 Å². The molecule has 9 heteroatoms. The lowest BCUT2D eigenvalue weighted by atomic mass is 10.1. The highest BCUT2D eigenvalue weighted by atomic mass is 19.1. The number of aliphatic carboxylic acids is 1. The summed E-state index contributed by atoms with van der Waals surface area (Å²) in [5, 5.41) is 19.3. The van der Waals surface area contributed by atoms with Gasteiger partial charge in [0.1, 0.15) is 11.9 Å². The summed E-state index contributed by atoms with van der Waals surface area (Å²) in [7, 11) is 1.09. The van der Waals surface area contributed by atoms with Crippen molar-refractivity contribution in [1.82, 2.24) is 4.90 Å². The summed E-state index contributed by atoms with van der Waals surface area (Å²) >= 11 is 0. The van der Waals surface area contributed by atoms with Gasteiger partial charge >= 0.3 is 11.7 Å². The van der Waals surface area contributed by atoms with E-state index in [4.69, 9.17) is 5.11 Å². The first-order valence-corrected chi connectivity index (χ1v) is 5.30. The first-order chi connectivity index (χ1) is 9.16. The predicted octanol–water partition coefficient (Wildman–Crippen LogP) is 1.42. The molecule has 1 rings (SSSR count). The maximum Gasteiger partial charge on any atom is 0.326 e. The summed E-state index contributed by atoms with van der Waals surface area (Å²) in [5.74, 6) is -5.15. The fourth-order valence-electron chi connectivity index (χ4n) is 1.37. The second-order valence-corrected chi connectivity index (χ2v) is 3.97. The minimum atomic E-state index is -1.42. The van der Waals surface area contributed by atoms with Gasteiger partial charge in [0.2, 0.25) is 5.82 Å². The normalized spacial score (nSPS) is 11.8. The van der Waals surface area contributed by atoms with E-state index in [1.165, 1.54) is 6.92 Å². The second kappa shape index (κ2) is 5.59. The van der Waals surface area contributed by atoms with Gasteiger partial charge in [0.25, 0.3) is 5.91 Å². The number of nitrogens with zero attached hydrogens (tertiary/aromatic N) is 2. The molecule has 20 heavy (non-hydrogen) atoms. The van der Waals surface area contributed by atoms with Crippen LogP contribution >= 0.6 is 0 Å². The molecule has 1 atom stereocenters. The number of carbonyl (C=O) groups is 2. The number of carbonyl (C=O) groups excluding carboxylic acids is 1. The fraction of sp³-hybridized carbons (Fsp3) is 0.273. The minimum absolute atomic E-state index is 0.213. The van der Waals surface area contributed by atoms with Gasteiger partial charge in [-0.15, -0.1) is 0 Å². The average Bonchev–Trinajstić information content (AvgIpc) is 2.35. The first-order valence-electron chi connectivity index (χ1n) is 5.30. The van der Waals surface area contributed by atoms with Gasteiger partial charge in [-0.25, -0.2) is 9.18 Å². The van der Waals surface area contributed by atoms with E-state index in [1.807, 2.05) is 0 Å². The molecule has 0 aliphatic heterocycles. The van der Waals surface area contributed by atoms with Crippen molar-refractivity contribution in [3.8, 4) is 0 Å². The minimum Gasteiger partial charge on any atom is -0.480 e. The number of hydrogen-bond acceptors (Lipinski definition) is 4. The Balaban J connectivity index is 3.26. The SMILES string of the molecule is CC(C(=O)O)N(C)C(=O)c1cc([N+](=O)[O-])c(F)cc1F. The zero-order valence-electron chi connectivity index (χ0n) is 10.5. The lowest BCUT2D eigenvalue weighted by Crippen LogP contribution is -2.40. The number of amides is 1. The van der Waals surface area contributed by atoms with Crippen LogP contribution in [0.15, 0.2) is 12.1 Å².